The van der Waals surface area contributed by atoms with Gasteiger partial charge in [0.2, 0.25) is 0 Å². The number of rotatable bonds is 4. The Bertz CT molecular complexity index is 909. The predicted octanol–water partition coefficient (Wildman–Crippen LogP) is 2.93. The van der Waals surface area contributed by atoms with Gasteiger partial charge in [-0.2, -0.15) is 13.2 Å². The predicted molar refractivity (Wildman–Crippen MR) is 94.6 cm³/mol. The van der Waals surface area contributed by atoms with Crippen molar-refractivity contribution in [2.75, 3.05) is 11.9 Å². The molecule has 3 N–H and O–H groups in total. The Kier molecular flexibility index (Phi) is 4.62. The number of benzene rings is 1. The Morgan fingerprint density at radius 1 is 1.14 bits per heavy atom. The van der Waals surface area contributed by atoms with Gasteiger partial charge in [0.1, 0.15) is 5.76 Å². The fraction of sp³-hybridized carbons (Fsp3) is 0.368. The Labute approximate surface area is 158 Å². The van der Waals surface area contributed by atoms with Crippen LogP contribution in [-0.4, -0.2) is 36.6 Å². The van der Waals surface area contributed by atoms with E-state index in [9.17, 15) is 22.8 Å². The third kappa shape index (κ3) is 3.75. The quantitative estimate of drug-likeness (QED) is 0.746. The van der Waals surface area contributed by atoms with Crippen LogP contribution in [0.4, 0.5) is 18.9 Å². The van der Waals surface area contributed by atoms with Crippen molar-refractivity contribution < 1.29 is 27.2 Å². The Hall–Kier alpha value is -2.81. The number of halogens is 3. The zero-order valence-electron chi connectivity index (χ0n) is 14.7. The van der Waals surface area contributed by atoms with E-state index >= 15 is 0 Å². The van der Waals surface area contributed by atoms with Crippen molar-refractivity contribution in [1.29, 1.82) is 0 Å². The molecule has 1 saturated heterocycles. The van der Waals surface area contributed by atoms with Gasteiger partial charge < -0.3 is 20.4 Å². The Morgan fingerprint density at radius 2 is 1.96 bits per heavy atom. The largest absolute Gasteiger partial charge is 0.471 e. The highest BCUT2D eigenvalue weighted by atomic mass is 19.4. The molecule has 1 aromatic carbocycles. The molecule has 1 saturated carbocycles. The molecule has 2 fully saturated rings. The first-order valence-electron chi connectivity index (χ1n) is 8.92. The van der Waals surface area contributed by atoms with Crippen molar-refractivity contribution in [1.82, 2.24) is 10.6 Å². The van der Waals surface area contributed by atoms with E-state index in [2.05, 4.69) is 10.6 Å². The summed E-state index contributed by atoms with van der Waals surface area (Å²) in [5, 5.41) is 8.16. The van der Waals surface area contributed by atoms with Crippen molar-refractivity contribution in [3.8, 4) is 11.3 Å². The summed E-state index contributed by atoms with van der Waals surface area (Å²) < 4.78 is 42.8. The SMILES string of the molecule is O=C(NC1CC2CC1CN2)c1ccc(-c2cccc(NC(=O)C(F)(F)F)c2)o1. The molecular weight excluding hydrogens is 375 g/mol. The molecule has 28 heavy (non-hydrogen) atoms. The fourth-order valence-corrected chi connectivity index (χ4v) is 3.82. The molecule has 2 amide bonds. The molecule has 9 heteroatoms. The van der Waals surface area contributed by atoms with Gasteiger partial charge in [-0.25, -0.2) is 0 Å². The lowest BCUT2D eigenvalue weighted by Gasteiger charge is -2.22. The van der Waals surface area contributed by atoms with Gasteiger partial charge in [0.25, 0.3) is 5.91 Å². The first-order chi connectivity index (χ1) is 13.3. The van der Waals surface area contributed by atoms with Crippen LogP contribution >= 0.6 is 0 Å². The fourth-order valence-electron chi connectivity index (χ4n) is 3.82. The third-order valence-corrected chi connectivity index (χ3v) is 5.17. The topological polar surface area (TPSA) is 83.4 Å². The smallest absolute Gasteiger partial charge is 0.451 e. The van der Waals surface area contributed by atoms with Crippen molar-refractivity contribution in [3.63, 3.8) is 0 Å². The van der Waals surface area contributed by atoms with E-state index in [4.69, 9.17) is 4.42 Å². The molecule has 2 bridgehead atoms. The van der Waals surface area contributed by atoms with Gasteiger partial charge in [0, 0.05) is 29.9 Å². The summed E-state index contributed by atoms with van der Waals surface area (Å²) in [5.41, 5.74) is 0.430. The molecule has 6 nitrogen and oxygen atoms in total. The number of carbonyl (C=O) groups is 2. The highest BCUT2D eigenvalue weighted by molar-refractivity contribution is 5.95. The van der Waals surface area contributed by atoms with Gasteiger partial charge in [-0.05, 0) is 43.0 Å². The Balaban J connectivity index is 1.44. The number of furan rings is 1. The second-order valence-corrected chi connectivity index (χ2v) is 7.11. The van der Waals surface area contributed by atoms with Crippen LogP contribution < -0.4 is 16.0 Å². The average molecular weight is 393 g/mol. The lowest BCUT2D eigenvalue weighted by Crippen LogP contribution is -2.44. The van der Waals surface area contributed by atoms with Gasteiger partial charge in [-0.3, -0.25) is 9.59 Å². The summed E-state index contributed by atoms with van der Waals surface area (Å²) in [6.07, 6.45) is -3.02. The van der Waals surface area contributed by atoms with Crippen molar-refractivity contribution in [3.05, 3.63) is 42.2 Å². The van der Waals surface area contributed by atoms with Gasteiger partial charge in [0.15, 0.2) is 5.76 Å². The molecule has 2 aliphatic rings. The van der Waals surface area contributed by atoms with Crippen LogP contribution in [0.5, 0.6) is 0 Å². The summed E-state index contributed by atoms with van der Waals surface area (Å²) in [6, 6.07) is 9.47. The lowest BCUT2D eigenvalue weighted by atomic mass is 10.0. The second-order valence-electron chi connectivity index (χ2n) is 7.11. The third-order valence-electron chi connectivity index (χ3n) is 5.17. The highest BCUT2D eigenvalue weighted by Crippen LogP contribution is 2.32. The number of amides is 2. The van der Waals surface area contributed by atoms with Crippen LogP contribution in [-0.2, 0) is 4.79 Å². The zero-order valence-corrected chi connectivity index (χ0v) is 14.7. The van der Waals surface area contributed by atoms with Crippen molar-refractivity contribution in [2.24, 2.45) is 5.92 Å². The first-order valence-corrected chi connectivity index (χ1v) is 8.92. The van der Waals surface area contributed by atoms with Crippen molar-refractivity contribution in [2.45, 2.75) is 31.1 Å². The van der Waals surface area contributed by atoms with Crippen LogP contribution in [0.2, 0.25) is 0 Å². The minimum Gasteiger partial charge on any atom is -0.451 e. The van der Waals surface area contributed by atoms with Crippen LogP contribution in [0.15, 0.2) is 40.8 Å². The van der Waals surface area contributed by atoms with Crippen LogP contribution in [0.1, 0.15) is 23.4 Å². The second kappa shape index (κ2) is 6.97. The lowest BCUT2D eigenvalue weighted by molar-refractivity contribution is -0.167. The number of alkyl halides is 3. The van der Waals surface area contributed by atoms with Crippen LogP contribution in [0, 0.1) is 5.92 Å². The minimum absolute atomic E-state index is 0.0169. The minimum atomic E-state index is -4.97. The monoisotopic (exact) mass is 393 g/mol. The molecule has 1 aromatic heterocycles. The molecule has 2 aromatic rings. The summed E-state index contributed by atoms with van der Waals surface area (Å²) in [4.78, 5) is 23.5. The number of nitrogens with one attached hydrogen (secondary N) is 3. The summed E-state index contributed by atoms with van der Waals surface area (Å²) in [7, 11) is 0. The van der Waals surface area contributed by atoms with Gasteiger partial charge in [0.05, 0.1) is 0 Å². The molecule has 0 radical (unpaired) electrons. The Morgan fingerprint density at radius 3 is 2.64 bits per heavy atom. The molecule has 2 heterocycles. The van der Waals surface area contributed by atoms with Crippen molar-refractivity contribution >= 4 is 17.5 Å². The number of carbonyl (C=O) groups excluding carboxylic acids is 2. The van der Waals surface area contributed by atoms with E-state index < -0.39 is 12.1 Å². The number of anilines is 1. The zero-order chi connectivity index (χ0) is 19.9. The average Bonchev–Trinajstić information content (AvgIpc) is 3.38. The first kappa shape index (κ1) is 18.5. The maximum absolute atomic E-state index is 12.4. The van der Waals surface area contributed by atoms with Crippen LogP contribution in [0.3, 0.4) is 0 Å². The number of piperidine rings is 1. The van der Waals surface area contributed by atoms with Gasteiger partial charge in [-0.15, -0.1) is 0 Å². The van der Waals surface area contributed by atoms with E-state index in [0.717, 1.165) is 19.4 Å². The van der Waals surface area contributed by atoms with Crippen LogP contribution in [0.25, 0.3) is 11.3 Å². The van der Waals surface area contributed by atoms with E-state index in [1.54, 1.807) is 17.4 Å². The number of hydrogen-bond acceptors (Lipinski definition) is 4. The van der Waals surface area contributed by atoms with E-state index in [1.807, 2.05) is 0 Å². The molecule has 4 rings (SSSR count). The maximum atomic E-state index is 12.4. The van der Waals surface area contributed by atoms with E-state index in [0.29, 0.717) is 23.3 Å². The standard InChI is InChI=1S/C19H18F3N3O3/c20-19(21,22)18(27)24-12-3-1-2-10(6-12)15-4-5-16(28-15)17(26)25-14-8-13-7-11(14)9-23-13/h1-6,11,13-14,23H,7-9H2,(H,24,27)(H,25,26). The normalized spacial score (nSPS) is 23.6. The van der Waals surface area contributed by atoms with Gasteiger partial charge >= 0.3 is 12.1 Å². The molecule has 3 unspecified atom stereocenters. The van der Waals surface area contributed by atoms with Gasteiger partial charge in [-0.1, -0.05) is 12.1 Å². The van der Waals surface area contributed by atoms with E-state index in [1.165, 1.54) is 24.3 Å². The number of hydrogen-bond donors (Lipinski definition) is 3. The molecule has 148 valence electrons. The molecule has 3 atom stereocenters. The summed E-state index contributed by atoms with van der Waals surface area (Å²) in [6.45, 7) is 0.898. The highest BCUT2D eigenvalue weighted by Gasteiger charge is 2.40. The summed E-state index contributed by atoms with van der Waals surface area (Å²) >= 11 is 0. The molecule has 1 aliphatic carbocycles. The summed E-state index contributed by atoms with van der Waals surface area (Å²) in [5.74, 6) is -1.48. The van der Waals surface area contributed by atoms with E-state index in [-0.39, 0.29) is 23.4 Å². The maximum Gasteiger partial charge on any atom is 0.471 e. The number of fused-ring (bicyclic) bond motifs is 2. The molecule has 0 spiro atoms. The molecular formula is C19H18F3N3O3. The molecule has 1 aliphatic heterocycles.